The molecule has 148 valence electrons. The Kier molecular flexibility index (Phi) is 5.07. The van der Waals surface area contributed by atoms with Gasteiger partial charge in [0.1, 0.15) is 11.1 Å². The zero-order valence-corrected chi connectivity index (χ0v) is 16.0. The van der Waals surface area contributed by atoms with Gasteiger partial charge in [-0.05, 0) is 49.8 Å². The number of anilines is 1. The van der Waals surface area contributed by atoms with Crippen molar-refractivity contribution in [1.82, 2.24) is 5.32 Å². The van der Waals surface area contributed by atoms with Crippen LogP contribution >= 0.6 is 0 Å². The van der Waals surface area contributed by atoms with Gasteiger partial charge in [-0.25, -0.2) is 4.79 Å². The average Bonchev–Trinajstić information content (AvgIpc) is 2.71. The normalized spacial score (nSPS) is 15.2. The number of rotatable bonds is 5. The summed E-state index contributed by atoms with van der Waals surface area (Å²) < 4.78 is 10.2. The number of amides is 1. The molecule has 0 bridgehead atoms. The number of carbonyl (C=O) groups excluding carboxylic acids is 2. The maximum absolute atomic E-state index is 12.5. The van der Waals surface area contributed by atoms with E-state index in [-0.39, 0.29) is 24.5 Å². The molecule has 1 N–H and O–H groups in total. The monoisotopic (exact) mass is 384 g/mol. The van der Waals surface area contributed by atoms with E-state index in [1.165, 1.54) is 18.4 Å². The highest BCUT2D eigenvalue weighted by atomic mass is 16.5. The van der Waals surface area contributed by atoms with Crippen LogP contribution in [0.15, 0.2) is 21.3 Å². The Balaban J connectivity index is 1.62. The lowest BCUT2D eigenvalue weighted by Gasteiger charge is -2.37. The first-order chi connectivity index (χ1) is 13.6. The van der Waals surface area contributed by atoms with Crippen molar-refractivity contribution in [1.29, 1.82) is 0 Å². The standard InChI is InChI=1S/C21H24N2O5/c1-27-17(24)7-2-8-22-20(25)16-12-14-11-13-5-3-9-23-10-4-6-15(18(13)23)19(14)28-21(16)26/h11-12H,2-10H2,1H3,(H,22,25). The van der Waals surface area contributed by atoms with E-state index in [0.29, 0.717) is 12.0 Å². The van der Waals surface area contributed by atoms with E-state index < -0.39 is 11.5 Å². The topological polar surface area (TPSA) is 88.8 Å². The molecule has 7 nitrogen and oxygen atoms in total. The molecule has 1 aromatic heterocycles. The summed E-state index contributed by atoms with van der Waals surface area (Å²) in [5, 5.41) is 3.48. The van der Waals surface area contributed by atoms with E-state index in [9.17, 15) is 14.4 Å². The first-order valence-corrected chi connectivity index (χ1v) is 9.81. The van der Waals surface area contributed by atoms with Crippen LogP contribution in [0.3, 0.4) is 0 Å². The fourth-order valence-electron chi connectivity index (χ4n) is 4.24. The zero-order valence-electron chi connectivity index (χ0n) is 16.0. The minimum absolute atomic E-state index is 0.00110. The molecule has 4 rings (SSSR count). The lowest BCUT2D eigenvalue weighted by Crippen LogP contribution is -2.34. The molecule has 0 radical (unpaired) electrons. The fraction of sp³-hybridized carbons (Fsp3) is 0.476. The molecule has 2 aromatic rings. The summed E-state index contributed by atoms with van der Waals surface area (Å²) in [7, 11) is 1.33. The van der Waals surface area contributed by atoms with Gasteiger partial charge in [-0.1, -0.05) is 0 Å². The highest BCUT2D eigenvalue weighted by molar-refractivity contribution is 5.98. The fourth-order valence-corrected chi connectivity index (χ4v) is 4.24. The smallest absolute Gasteiger partial charge is 0.349 e. The van der Waals surface area contributed by atoms with Crippen molar-refractivity contribution in [3.63, 3.8) is 0 Å². The van der Waals surface area contributed by atoms with Gasteiger partial charge in [0.2, 0.25) is 0 Å². The van der Waals surface area contributed by atoms with Crippen LogP contribution in [-0.4, -0.2) is 38.6 Å². The van der Waals surface area contributed by atoms with Gasteiger partial charge in [-0.15, -0.1) is 0 Å². The molecule has 2 aliphatic rings. The van der Waals surface area contributed by atoms with Crippen molar-refractivity contribution in [2.45, 2.75) is 38.5 Å². The van der Waals surface area contributed by atoms with E-state index in [2.05, 4.69) is 21.0 Å². The molecule has 0 atom stereocenters. The minimum Gasteiger partial charge on any atom is -0.469 e. The Morgan fingerprint density at radius 3 is 2.79 bits per heavy atom. The summed E-state index contributed by atoms with van der Waals surface area (Å²) >= 11 is 0. The van der Waals surface area contributed by atoms with E-state index >= 15 is 0 Å². The molecule has 0 saturated carbocycles. The third-order valence-electron chi connectivity index (χ3n) is 5.53. The molecule has 0 aliphatic carbocycles. The second-order valence-corrected chi connectivity index (χ2v) is 7.36. The van der Waals surface area contributed by atoms with Crippen molar-refractivity contribution >= 4 is 28.5 Å². The molecule has 0 fully saturated rings. The van der Waals surface area contributed by atoms with Crippen molar-refractivity contribution in [3.8, 4) is 0 Å². The van der Waals surface area contributed by atoms with Gasteiger partial charge in [-0.2, -0.15) is 0 Å². The van der Waals surface area contributed by atoms with Crippen LogP contribution < -0.4 is 15.8 Å². The molecule has 7 heteroatoms. The number of hydrogen-bond acceptors (Lipinski definition) is 6. The molecule has 28 heavy (non-hydrogen) atoms. The highest BCUT2D eigenvalue weighted by Gasteiger charge is 2.27. The van der Waals surface area contributed by atoms with Gasteiger partial charge >= 0.3 is 11.6 Å². The SMILES string of the molecule is COC(=O)CCCNC(=O)c1cc2cc3c4c(c2oc1=O)CCCN4CCC3. The average molecular weight is 384 g/mol. The zero-order chi connectivity index (χ0) is 19.7. The Bertz CT molecular complexity index is 992. The van der Waals surface area contributed by atoms with E-state index in [0.717, 1.165) is 49.7 Å². The largest absolute Gasteiger partial charge is 0.469 e. The molecular weight excluding hydrogens is 360 g/mol. The third kappa shape index (κ3) is 3.37. The van der Waals surface area contributed by atoms with Crippen molar-refractivity contribution in [2.24, 2.45) is 0 Å². The maximum atomic E-state index is 12.5. The van der Waals surface area contributed by atoms with E-state index in [1.807, 2.05) is 0 Å². The van der Waals surface area contributed by atoms with Gasteiger partial charge in [0.25, 0.3) is 5.91 Å². The number of methoxy groups -OCH3 is 1. The van der Waals surface area contributed by atoms with Gasteiger partial charge in [0, 0.05) is 42.7 Å². The van der Waals surface area contributed by atoms with E-state index in [1.54, 1.807) is 6.07 Å². The molecule has 2 aliphatic heterocycles. The predicted octanol–water partition coefficient (Wildman–Crippen LogP) is 2.17. The number of esters is 1. The lowest BCUT2D eigenvalue weighted by atomic mass is 9.90. The summed E-state index contributed by atoms with van der Waals surface area (Å²) in [6, 6.07) is 3.70. The van der Waals surface area contributed by atoms with Crippen LogP contribution in [0.25, 0.3) is 11.0 Å². The maximum Gasteiger partial charge on any atom is 0.349 e. The van der Waals surface area contributed by atoms with Crippen LogP contribution in [0.2, 0.25) is 0 Å². The van der Waals surface area contributed by atoms with Crippen LogP contribution in [-0.2, 0) is 22.4 Å². The molecule has 3 heterocycles. The van der Waals surface area contributed by atoms with Gasteiger partial charge in [0.05, 0.1) is 7.11 Å². The number of nitrogens with zero attached hydrogens (tertiary/aromatic N) is 1. The first kappa shape index (κ1) is 18.5. The highest BCUT2D eigenvalue weighted by Crippen LogP contribution is 2.39. The Morgan fingerprint density at radius 1 is 1.21 bits per heavy atom. The van der Waals surface area contributed by atoms with Crippen LogP contribution in [0.5, 0.6) is 0 Å². The molecule has 0 unspecified atom stereocenters. The van der Waals surface area contributed by atoms with Gasteiger partial charge in [-0.3, -0.25) is 9.59 Å². The Hall–Kier alpha value is -2.83. The molecule has 1 aromatic carbocycles. The summed E-state index contributed by atoms with van der Waals surface area (Å²) in [6.45, 7) is 2.37. The van der Waals surface area contributed by atoms with Crippen LogP contribution in [0.1, 0.15) is 47.2 Å². The number of aryl methyl sites for hydroxylation is 2. The summed E-state index contributed by atoms with van der Waals surface area (Å²) in [5.41, 5.74) is 3.58. The minimum atomic E-state index is -0.623. The van der Waals surface area contributed by atoms with Gasteiger partial charge in [0.15, 0.2) is 0 Å². The molecule has 0 saturated heterocycles. The second-order valence-electron chi connectivity index (χ2n) is 7.36. The number of fused-ring (bicyclic) bond motifs is 2. The molecular formula is C21H24N2O5. The van der Waals surface area contributed by atoms with Crippen molar-refractivity contribution < 1.29 is 18.7 Å². The number of nitrogens with one attached hydrogen (secondary N) is 1. The lowest BCUT2D eigenvalue weighted by molar-refractivity contribution is -0.140. The van der Waals surface area contributed by atoms with Crippen molar-refractivity contribution in [2.75, 3.05) is 31.6 Å². The number of carbonyl (C=O) groups is 2. The quantitative estimate of drug-likeness (QED) is 0.483. The predicted molar refractivity (Wildman–Crippen MR) is 105 cm³/mol. The van der Waals surface area contributed by atoms with E-state index in [4.69, 9.17) is 4.42 Å². The Labute approximate surface area is 162 Å². The van der Waals surface area contributed by atoms with Crippen molar-refractivity contribution in [3.05, 3.63) is 39.2 Å². The molecule has 0 spiro atoms. The van der Waals surface area contributed by atoms with Crippen LogP contribution in [0, 0.1) is 0 Å². The number of ether oxygens (including phenoxy) is 1. The number of benzene rings is 1. The van der Waals surface area contributed by atoms with Crippen LogP contribution in [0.4, 0.5) is 5.69 Å². The second kappa shape index (κ2) is 7.66. The van der Waals surface area contributed by atoms with Gasteiger partial charge < -0.3 is 19.4 Å². The summed E-state index contributed by atoms with van der Waals surface area (Å²) in [4.78, 5) is 38.4. The number of hydrogen-bond donors (Lipinski definition) is 1. The summed E-state index contributed by atoms with van der Waals surface area (Å²) in [6.07, 6.45) is 4.71. The summed E-state index contributed by atoms with van der Waals surface area (Å²) in [5.74, 6) is -0.805. The third-order valence-corrected chi connectivity index (χ3v) is 5.53. The Morgan fingerprint density at radius 2 is 2.00 bits per heavy atom. The first-order valence-electron chi connectivity index (χ1n) is 9.81. The molecule has 1 amide bonds.